The zero-order valence-corrected chi connectivity index (χ0v) is 44.0. The molecule has 0 aromatic rings. The fourth-order valence-corrected chi connectivity index (χ4v) is 9.93. The molecule has 2 bridgehead atoms. The number of carboxylic acids is 1. The number of fused-ring (bicyclic) bond motifs is 2. The number of carboxylic acid groups (broad SMARTS) is 1. The highest BCUT2D eigenvalue weighted by molar-refractivity contribution is 5.71. The van der Waals surface area contributed by atoms with Crippen molar-refractivity contribution in [3.63, 3.8) is 0 Å². The number of carbonyl (C=O) groups excluding carboxylic acids is 1. The molecule has 4 aliphatic rings. The lowest BCUT2D eigenvalue weighted by atomic mass is 9.82. The van der Waals surface area contributed by atoms with Gasteiger partial charge in [-0.3, -0.25) is 9.59 Å². The van der Waals surface area contributed by atoms with Crippen molar-refractivity contribution in [2.75, 3.05) is 0 Å². The molecule has 0 aromatic carbocycles. The number of allylic oxidation sites excluding steroid dienone is 10. The maximum absolute atomic E-state index is 13.1. The van der Waals surface area contributed by atoms with E-state index in [2.05, 4.69) is 0 Å². The van der Waals surface area contributed by atoms with Gasteiger partial charge in [-0.1, -0.05) is 86.8 Å². The Hall–Kier alpha value is -3.30. The van der Waals surface area contributed by atoms with Crippen LogP contribution in [0.1, 0.15) is 112 Å². The molecule has 3 saturated heterocycles. The van der Waals surface area contributed by atoms with Crippen LogP contribution in [-0.4, -0.2) is 195 Å². The molecule has 14 N–H and O–H groups in total. The Labute approximate surface area is 440 Å². The molecular weight excluding hydrogens is 983 g/mol. The monoisotopic (exact) mass is 1070 g/mol. The molecule has 21 heteroatoms. The third-order valence-electron chi connectivity index (χ3n) is 14.5. The molecule has 428 valence electrons. The Kier molecular flexibility index (Phi) is 25.8. The van der Waals surface area contributed by atoms with Crippen molar-refractivity contribution in [1.29, 1.82) is 0 Å². The van der Waals surface area contributed by atoms with Crippen molar-refractivity contribution in [2.24, 2.45) is 23.5 Å². The Morgan fingerprint density at radius 2 is 1.27 bits per heavy atom. The molecule has 0 amide bonds. The smallest absolute Gasteiger partial charge is 0.311 e. The summed E-state index contributed by atoms with van der Waals surface area (Å²) in [4.78, 5) is 25.7. The fraction of sp³-hybridized carbons (Fsp3) is 0.741. The van der Waals surface area contributed by atoms with Crippen LogP contribution in [-0.2, 0) is 38.0 Å². The van der Waals surface area contributed by atoms with E-state index in [1.807, 2.05) is 56.4 Å². The number of carbonyl (C=O) groups is 2. The van der Waals surface area contributed by atoms with Crippen LogP contribution in [0.4, 0.5) is 0 Å². The molecule has 4 rings (SSSR count). The molecule has 0 saturated carbocycles. The Bertz CT molecular complexity index is 1930. The standard InChI is InChI=1S/C54H87NO20/c1-30-19-17-15-13-11-9-7-8-10-12-14-16-18-20-38(73-52-48(64)46(55)47(63)33(4)72-52)26-42-45(51(66)67)41(61)28-54(69,75-42)27-40(60)39(59)22-21-35(56)23-36(57)24-37(58)25-43(62)70-32(3)31(2)49(30)74-44-29-53(6,68)50(65)34(5)71-44/h7-8,10,12-20,30-42,44-50,52,56-61,63-65,68-69H,9,11,21-29,55H2,1-6H3,(H,66,67)/b8-7+,12-10+,15-13+,16-14+,19-17+,20-18+/t30-,31-,32-,33+,34-,35+,36+,37+,38-,39+,40+,41-,42-,44?,45+,46-,47+,48-,49+,50-,52+,53+,54+/m0/s1. The molecule has 3 fully saturated rings. The molecule has 75 heavy (non-hydrogen) atoms. The molecule has 0 aliphatic carbocycles. The van der Waals surface area contributed by atoms with Gasteiger partial charge in [-0.15, -0.1) is 0 Å². The summed E-state index contributed by atoms with van der Waals surface area (Å²) in [5.74, 6) is -6.91. The van der Waals surface area contributed by atoms with Gasteiger partial charge >= 0.3 is 11.9 Å². The number of cyclic esters (lactones) is 1. The molecule has 1 unspecified atom stereocenters. The van der Waals surface area contributed by atoms with Gasteiger partial charge in [0.25, 0.3) is 0 Å². The van der Waals surface area contributed by atoms with Crippen molar-refractivity contribution < 1.29 is 99.3 Å². The van der Waals surface area contributed by atoms with Crippen molar-refractivity contribution in [1.82, 2.24) is 0 Å². The maximum Gasteiger partial charge on any atom is 0.311 e. The average Bonchev–Trinajstić information content (AvgIpc) is 3.31. The van der Waals surface area contributed by atoms with E-state index >= 15 is 0 Å². The predicted octanol–water partition coefficient (Wildman–Crippen LogP) is 1.21. The van der Waals surface area contributed by atoms with E-state index in [-0.39, 0.29) is 44.4 Å². The second kappa shape index (κ2) is 30.2. The van der Waals surface area contributed by atoms with Crippen LogP contribution < -0.4 is 5.73 Å². The lowest BCUT2D eigenvalue weighted by Gasteiger charge is -2.45. The average molecular weight is 1070 g/mol. The number of hydrogen-bond acceptors (Lipinski definition) is 20. The van der Waals surface area contributed by atoms with Crippen LogP contribution in [0.15, 0.2) is 72.9 Å². The zero-order chi connectivity index (χ0) is 55.8. The number of esters is 1. The molecular formula is C54H87NO20. The number of aliphatic hydroxyl groups excluding tert-OH is 9. The summed E-state index contributed by atoms with van der Waals surface area (Å²) in [5, 5.41) is 130. The van der Waals surface area contributed by atoms with E-state index < -0.39 is 165 Å². The van der Waals surface area contributed by atoms with E-state index in [0.29, 0.717) is 6.42 Å². The second-order valence-electron chi connectivity index (χ2n) is 21.2. The van der Waals surface area contributed by atoms with Gasteiger partial charge in [-0.05, 0) is 66.2 Å². The van der Waals surface area contributed by atoms with Crippen LogP contribution in [0.2, 0.25) is 0 Å². The fourth-order valence-electron chi connectivity index (χ4n) is 9.93. The second-order valence-corrected chi connectivity index (χ2v) is 21.2. The number of aliphatic carboxylic acids is 1. The SMILES string of the molecule is C[C@@H]1[C@H](OC2C[C@@](C)(O)[C@@H](O)[C@H](C)O2)[C@@H](C)/C=C/C=C/CC/C=C/C=C/C=C/C=C/[C@H](O[C@H]2O[C@H](C)[C@@H](O)[C@H](N)[C@@H]2O)C[C@@H]2O[C@](O)(C[C@@H](O)[C@H](O)CC[C@@H](O)C[C@@H](O)C[C@@H](O)CC(=O)O[C@H]1C)C[C@H](O)[C@H]2C(=O)O. The number of rotatable bonds is 5. The van der Waals surface area contributed by atoms with Gasteiger partial charge in [0.2, 0.25) is 0 Å². The first kappa shape index (κ1) is 64.2. The van der Waals surface area contributed by atoms with Gasteiger partial charge in [0.05, 0.1) is 91.3 Å². The number of ether oxygens (including phenoxy) is 6. The Morgan fingerprint density at radius 1 is 0.667 bits per heavy atom. The summed E-state index contributed by atoms with van der Waals surface area (Å²) in [6, 6.07) is -1.16. The van der Waals surface area contributed by atoms with Gasteiger partial charge in [-0.2, -0.15) is 0 Å². The minimum Gasteiger partial charge on any atom is -0.481 e. The number of aliphatic hydroxyl groups is 11. The topological polar surface area (TPSA) is 358 Å². The van der Waals surface area contributed by atoms with Gasteiger partial charge in [0.1, 0.15) is 24.2 Å². The minimum absolute atomic E-state index is 0.0139. The summed E-state index contributed by atoms with van der Waals surface area (Å²) in [6.45, 7) is 10.1. The summed E-state index contributed by atoms with van der Waals surface area (Å²) >= 11 is 0. The third-order valence-corrected chi connectivity index (χ3v) is 14.5. The van der Waals surface area contributed by atoms with Gasteiger partial charge in [-0.25, -0.2) is 0 Å². The maximum atomic E-state index is 13.1. The minimum atomic E-state index is -2.37. The van der Waals surface area contributed by atoms with Gasteiger partial charge < -0.3 is 95.4 Å². The van der Waals surface area contributed by atoms with Crippen LogP contribution in [0, 0.1) is 17.8 Å². The quantitative estimate of drug-likeness (QED) is 0.172. The first-order valence-electron chi connectivity index (χ1n) is 26.3. The highest BCUT2D eigenvalue weighted by atomic mass is 16.7. The molecule has 23 atom stereocenters. The lowest BCUT2D eigenvalue weighted by Crippen LogP contribution is -2.61. The van der Waals surface area contributed by atoms with Gasteiger partial charge in [0, 0.05) is 37.5 Å². The summed E-state index contributed by atoms with van der Waals surface area (Å²) in [5.41, 5.74) is 4.56. The number of hydrogen-bond donors (Lipinski definition) is 13. The largest absolute Gasteiger partial charge is 0.481 e. The highest BCUT2D eigenvalue weighted by Gasteiger charge is 2.51. The van der Waals surface area contributed by atoms with E-state index in [1.54, 1.807) is 38.2 Å². The van der Waals surface area contributed by atoms with E-state index in [1.165, 1.54) is 19.9 Å². The summed E-state index contributed by atoms with van der Waals surface area (Å²) in [6.07, 6.45) is -0.764. The van der Waals surface area contributed by atoms with Crippen molar-refractivity contribution in [2.45, 2.75) is 234 Å². The molecule has 21 nitrogen and oxygen atoms in total. The first-order valence-corrected chi connectivity index (χ1v) is 26.3. The molecule has 4 aliphatic heterocycles. The summed E-state index contributed by atoms with van der Waals surface area (Å²) < 4.78 is 35.9. The number of nitrogens with two attached hydrogens (primary N) is 1. The van der Waals surface area contributed by atoms with Crippen LogP contribution in [0.25, 0.3) is 0 Å². The summed E-state index contributed by atoms with van der Waals surface area (Å²) in [7, 11) is 0. The molecule has 0 radical (unpaired) electrons. The van der Waals surface area contributed by atoms with E-state index in [4.69, 9.17) is 34.2 Å². The highest BCUT2D eigenvalue weighted by Crippen LogP contribution is 2.39. The Morgan fingerprint density at radius 3 is 1.92 bits per heavy atom. The zero-order valence-electron chi connectivity index (χ0n) is 44.0. The van der Waals surface area contributed by atoms with E-state index in [9.17, 15) is 70.9 Å². The van der Waals surface area contributed by atoms with Crippen LogP contribution >= 0.6 is 0 Å². The lowest BCUT2D eigenvalue weighted by molar-refractivity contribution is -0.310. The van der Waals surface area contributed by atoms with E-state index in [0.717, 1.165) is 6.42 Å². The van der Waals surface area contributed by atoms with Crippen LogP contribution in [0.3, 0.4) is 0 Å². The molecule has 0 aromatic heterocycles. The Balaban J connectivity index is 1.56. The van der Waals surface area contributed by atoms with Crippen molar-refractivity contribution >= 4 is 11.9 Å². The van der Waals surface area contributed by atoms with Crippen molar-refractivity contribution in [3.8, 4) is 0 Å². The first-order chi connectivity index (χ1) is 35.2. The van der Waals surface area contributed by atoms with Crippen molar-refractivity contribution in [3.05, 3.63) is 72.9 Å². The van der Waals surface area contributed by atoms with Gasteiger partial charge in [0.15, 0.2) is 18.4 Å². The molecule has 0 spiro atoms. The predicted molar refractivity (Wildman–Crippen MR) is 272 cm³/mol. The normalized spacial score (nSPS) is 47.0. The van der Waals surface area contributed by atoms with Crippen LogP contribution in [0.5, 0.6) is 0 Å². The molecule has 4 heterocycles. The third kappa shape index (κ3) is 20.1.